The molecule has 0 spiro atoms. The lowest BCUT2D eigenvalue weighted by Gasteiger charge is -2.34. The number of aryl methyl sites for hydroxylation is 2. The number of sulfonamides is 1. The van der Waals surface area contributed by atoms with Gasteiger partial charge in [-0.1, -0.05) is 0 Å². The molecule has 1 saturated heterocycles. The van der Waals surface area contributed by atoms with E-state index in [1.165, 1.54) is 18.4 Å². The van der Waals surface area contributed by atoms with Crippen LogP contribution in [0.5, 0.6) is 0 Å². The summed E-state index contributed by atoms with van der Waals surface area (Å²) in [5.41, 5.74) is 1.48. The SMILES string of the molecule is C[C@H]1CNCCN1C(=O)CCc1nc2cc(S(=O)(=O)N(C)C)ccc2n1C.Cl. The maximum Gasteiger partial charge on any atom is 0.242 e. The standard InChI is InChI=1S/C18H27N5O3S.ClH/c1-13-12-19-9-10-23(13)18(24)8-7-17-20-15-11-14(27(25,26)21(2)3)5-6-16(15)22(17)4;/h5-6,11,13,19H,7-10,12H2,1-4H3;1H/t13-;/m0./s1. The molecule has 2 aromatic rings. The molecule has 1 aromatic heterocycles. The van der Waals surface area contributed by atoms with Crippen LogP contribution < -0.4 is 5.32 Å². The minimum Gasteiger partial charge on any atom is -0.337 e. The molecule has 1 fully saturated rings. The molecular weight excluding hydrogens is 402 g/mol. The fourth-order valence-electron chi connectivity index (χ4n) is 3.40. The van der Waals surface area contributed by atoms with E-state index in [0.29, 0.717) is 18.4 Å². The van der Waals surface area contributed by atoms with Crippen LogP contribution in [0.25, 0.3) is 11.0 Å². The summed E-state index contributed by atoms with van der Waals surface area (Å²) >= 11 is 0. The van der Waals surface area contributed by atoms with Crippen molar-refractivity contribution in [1.82, 2.24) is 24.1 Å². The van der Waals surface area contributed by atoms with E-state index < -0.39 is 10.0 Å². The predicted octanol–water partition coefficient (Wildman–Crippen LogP) is 0.998. The van der Waals surface area contributed by atoms with Gasteiger partial charge < -0.3 is 14.8 Å². The number of hydrogen-bond donors (Lipinski definition) is 1. The van der Waals surface area contributed by atoms with Crippen molar-refractivity contribution < 1.29 is 13.2 Å². The van der Waals surface area contributed by atoms with Crippen LogP contribution in [0.4, 0.5) is 0 Å². The number of amides is 1. The van der Waals surface area contributed by atoms with Crippen molar-refractivity contribution >= 4 is 39.4 Å². The fraction of sp³-hybridized carbons (Fsp3) is 0.556. The molecule has 28 heavy (non-hydrogen) atoms. The van der Waals surface area contributed by atoms with E-state index in [-0.39, 0.29) is 29.3 Å². The highest BCUT2D eigenvalue weighted by Crippen LogP contribution is 2.22. The summed E-state index contributed by atoms with van der Waals surface area (Å²) < 4.78 is 27.8. The Hall–Kier alpha value is -1.68. The van der Waals surface area contributed by atoms with E-state index in [0.717, 1.165) is 31.0 Å². The Labute approximate surface area is 172 Å². The van der Waals surface area contributed by atoms with Gasteiger partial charge in [0.25, 0.3) is 0 Å². The van der Waals surface area contributed by atoms with Crippen molar-refractivity contribution in [3.63, 3.8) is 0 Å². The number of hydrogen-bond acceptors (Lipinski definition) is 5. The Balaban J connectivity index is 0.00000280. The second kappa shape index (κ2) is 8.77. The van der Waals surface area contributed by atoms with Gasteiger partial charge in [-0.05, 0) is 25.1 Å². The summed E-state index contributed by atoms with van der Waals surface area (Å²) in [5, 5.41) is 3.28. The van der Waals surface area contributed by atoms with Crippen molar-refractivity contribution in [2.45, 2.75) is 30.7 Å². The monoisotopic (exact) mass is 429 g/mol. The number of aromatic nitrogens is 2. The predicted molar refractivity (Wildman–Crippen MR) is 111 cm³/mol. The number of imidazole rings is 1. The van der Waals surface area contributed by atoms with Gasteiger partial charge in [-0.25, -0.2) is 17.7 Å². The first-order chi connectivity index (χ1) is 12.7. The summed E-state index contributed by atoms with van der Waals surface area (Å²) in [6.07, 6.45) is 0.917. The number of halogens is 1. The van der Waals surface area contributed by atoms with Gasteiger partial charge in [0, 0.05) is 59.7 Å². The van der Waals surface area contributed by atoms with Crippen LogP contribution in [0, 0.1) is 0 Å². The van der Waals surface area contributed by atoms with Crippen molar-refractivity contribution in [3.05, 3.63) is 24.0 Å². The Morgan fingerprint density at radius 3 is 2.71 bits per heavy atom. The van der Waals surface area contributed by atoms with Crippen LogP contribution in [0.1, 0.15) is 19.2 Å². The Kier molecular flexibility index (Phi) is 7.08. The van der Waals surface area contributed by atoms with Crippen molar-refractivity contribution in [2.75, 3.05) is 33.7 Å². The molecule has 2 heterocycles. The van der Waals surface area contributed by atoms with Gasteiger partial charge in [0.15, 0.2) is 0 Å². The molecule has 1 atom stereocenters. The van der Waals surface area contributed by atoms with Gasteiger partial charge in [-0.15, -0.1) is 12.4 Å². The number of rotatable bonds is 5. The molecule has 1 aliphatic heterocycles. The highest BCUT2D eigenvalue weighted by Gasteiger charge is 2.23. The van der Waals surface area contributed by atoms with E-state index in [2.05, 4.69) is 10.3 Å². The molecule has 0 unspecified atom stereocenters. The van der Waals surface area contributed by atoms with E-state index in [1.807, 2.05) is 23.4 Å². The minimum atomic E-state index is -3.50. The van der Waals surface area contributed by atoms with Crippen LogP contribution >= 0.6 is 12.4 Å². The molecule has 10 heteroatoms. The molecular formula is C18H28ClN5O3S. The zero-order valence-electron chi connectivity index (χ0n) is 16.7. The number of carbonyl (C=O) groups excluding carboxylic acids is 1. The lowest BCUT2D eigenvalue weighted by molar-refractivity contribution is -0.133. The van der Waals surface area contributed by atoms with Gasteiger partial charge in [0.05, 0.1) is 15.9 Å². The second-order valence-electron chi connectivity index (χ2n) is 7.17. The number of nitrogens with one attached hydrogen (secondary N) is 1. The molecule has 0 aliphatic carbocycles. The highest BCUT2D eigenvalue weighted by atomic mass is 35.5. The quantitative estimate of drug-likeness (QED) is 0.766. The van der Waals surface area contributed by atoms with Gasteiger partial charge in [0.1, 0.15) is 5.82 Å². The number of benzene rings is 1. The summed E-state index contributed by atoms with van der Waals surface area (Å²) in [7, 11) is 1.40. The Morgan fingerprint density at radius 1 is 1.36 bits per heavy atom. The first-order valence-electron chi connectivity index (χ1n) is 9.10. The number of piperazine rings is 1. The third-order valence-corrected chi connectivity index (χ3v) is 6.92. The topological polar surface area (TPSA) is 87.5 Å². The van der Waals surface area contributed by atoms with Gasteiger partial charge in [-0.3, -0.25) is 4.79 Å². The average Bonchev–Trinajstić information content (AvgIpc) is 2.95. The van der Waals surface area contributed by atoms with Gasteiger partial charge in [-0.2, -0.15) is 0 Å². The zero-order chi connectivity index (χ0) is 19.8. The number of fused-ring (bicyclic) bond motifs is 1. The lowest BCUT2D eigenvalue weighted by Crippen LogP contribution is -2.52. The molecule has 8 nitrogen and oxygen atoms in total. The summed E-state index contributed by atoms with van der Waals surface area (Å²) in [6, 6.07) is 5.15. The molecule has 1 aliphatic rings. The molecule has 1 amide bonds. The third kappa shape index (κ3) is 4.32. The second-order valence-corrected chi connectivity index (χ2v) is 9.32. The van der Waals surface area contributed by atoms with Crippen LogP contribution in [0.2, 0.25) is 0 Å². The summed E-state index contributed by atoms with van der Waals surface area (Å²) in [5.74, 6) is 0.910. The van der Waals surface area contributed by atoms with Gasteiger partial charge >= 0.3 is 0 Å². The van der Waals surface area contributed by atoms with Crippen LogP contribution in [-0.4, -0.2) is 72.9 Å². The molecule has 0 saturated carbocycles. The normalized spacial score (nSPS) is 17.8. The van der Waals surface area contributed by atoms with Crippen molar-refractivity contribution in [3.8, 4) is 0 Å². The van der Waals surface area contributed by atoms with E-state index in [9.17, 15) is 13.2 Å². The molecule has 1 N–H and O–H groups in total. The third-order valence-electron chi connectivity index (χ3n) is 5.11. The Morgan fingerprint density at radius 2 is 2.07 bits per heavy atom. The molecule has 3 rings (SSSR count). The van der Waals surface area contributed by atoms with Crippen molar-refractivity contribution in [2.24, 2.45) is 7.05 Å². The lowest BCUT2D eigenvalue weighted by atomic mass is 10.2. The highest BCUT2D eigenvalue weighted by molar-refractivity contribution is 7.89. The van der Waals surface area contributed by atoms with Gasteiger partial charge in [0.2, 0.25) is 15.9 Å². The van der Waals surface area contributed by atoms with Crippen LogP contribution in [0.3, 0.4) is 0 Å². The number of nitrogens with zero attached hydrogens (tertiary/aromatic N) is 4. The maximum atomic E-state index is 12.5. The molecule has 0 bridgehead atoms. The van der Waals surface area contributed by atoms with E-state index in [4.69, 9.17) is 0 Å². The Bertz CT molecular complexity index is 958. The average molecular weight is 430 g/mol. The molecule has 0 radical (unpaired) electrons. The smallest absolute Gasteiger partial charge is 0.242 e. The largest absolute Gasteiger partial charge is 0.337 e. The summed E-state index contributed by atoms with van der Waals surface area (Å²) in [6.45, 7) is 4.42. The minimum absolute atomic E-state index is 0. The molecule has 156 valence electrons. The van der Waals surface area contributed by atoms with Crippen LogP contribution in [0.15, 0.2) is 23.1 Å². The van der Waals surface area contributed by atoms with E-state index in [1.54, 1.807) is 18.2 Å². The van der Waals surface area contributed by atoms with Crippen molar-refractivity contribution in [1.29, 1.82) is 0 Å². The van der Waals surface area contributed by atoms with Crippen LogP contribution in [-0.2, 0) is 28.3 Å². The van der Waals surface area contributed by atoms with E-state index >= 15 is 0 Å². The maximum absolute atomic E-state index is 12.5. The number of carbonyl (C=O) groups is 1. The first kappa shape index (κ1) is 22.6. The fourth-order valence-corrected chi connectivity index (χ4v) is 4.32. The zero-order valence-corrected chi connectivity index (χ0v) is 18.3. The first-order valence-corrected chi connectivity index (χ1v) is 10.5. The molecule has 1 aromatic carbocycles. The summed E-state index contributed by atoms with van der Waals surface area (Å²) in [4.78, 5) is 19.3.